The van der Waals surface area contributed by atoms with Crippen molar-refractivity contribution in [3.05, 3.63) is 28.8 Å². The van der Waals surface area contributed by atoms with Crippen molar-refractivity contribution in [1.29, 1.82) is 0 Å². The van der Waals surface area contributed by atoms with E-state index in [9.17, 15) is 9.90 Å². The highest BCUT2D eigenvalue weighted by Crippen LogP contribution is 2.28. The second kappa shape index (κ2) is 3.93. The fourth-order valence-corrected chi connectivity index (χ4v) is 2.13. The van der Waals surface area contributed by atoms with Crippen LogP contribution in [0.3, 0.4) is 0 Å². The molecule has 1 aromatic rings. The quantitative estimate of drug-likeness (QED) is 0.777. The van der Waals surface area contributed by atoms with Gasteiger partial charge in [-0.25, -0.2) is 0 Å². The zero-order valence-corrected chi connectivity index (χ0v) is 8.49. The first-order chi connectivity index (χ1) is 7.16. The first-order valence-electron chi connectivity index (χ1n) is 5.22. The molecule has 2 rings (SSSR count). The summed E-state index contributed by atoms with van der Waals surface area (Å²) in [4.78, 5) is 10.6. The molecule has 0 heterocycles. The van der Waals surface area contributed by atoms with Gasteiger partial charge in [-0.1, -0.05) is 6.07 Å². The van der Waals surface area contributed by atoms with Gasteiger partial charge in [0.15, 0.2) is 0 Å². The predicted molar refractivity (Wildman–Crippen MR) is 56.1 cm³/mol. The van der Waals surface area contributed by atoms with Crippen LogP contribution < -0.4 is 0 Å². The maximum absolute atomic E-state index is 10.6. The Morgan fingerprint density at radius 2 is 1.80 bits per heavy atom. The van der Waals surface area contributed by atoms with E-state index in [0.29, 0.717) is 5.56 Å². The molecule has 0 saturated carbocycles. The van der Waals surface area contributed by atoms with Gasteiger partial charge in [-0.3, -0.25) is 4.79 Å². The molecule has 0 aliphatic heterocycles. The molecule has 15 heavy (non-hydrogen) atoms. The lowest BCUT2D eigenvalue weighted by molar-refractivity contribution is -0.136. The van der Waals surface area contributed by atoms with Crippen LogP contribution in [0.4, 0.5) is 0 Å². The summed E-state index contributed by atoms with van der Waals surface area (Å²) in [6, 6.07) is 3.57. The number of hydrogen-bond donors (Lipinski definition) is 2. The van der Waals surface area contributed by atoms with E-state index in [1.165, 1.54) is 11.1 Å². The third-order valence-corrected chi connectivity index (χ3v) is 2.88. The number of phenols is 1. The number of carboxylic acids is 1. The second-order valence-corrected chi connectivity index (χ2v) is 4.03. The summed E-state index contributed by atoms with van der Waals surface area (Å²) in [6.45, 7) is 0. The molecule has 0 saturated heterocycles. The topological polar surface area (TPSA) is 57.5 Å². The highest BCUT2D eigenvalue weighted by Gasteiger charge is 2.14. The van der Waals surface area contributed by atoms with Gasteiger partial charge in [-0.2, -0.15) is 0 Å². The summed E-state index contributed by atoms with van der Waals surface area (Å²) in [5, 5.41) is 18.3. The molecular weight excluding hydrogens is 192 g/mol. The molecule has 1 aliphatic rings. The molecule has 0 amide bonds. The minimum absolute atomic E-state index is 0.0981. The van der Waals surface area contributed by atoms with Gasteiger partial charge in [0.25, 0.3) is 0 Å². The number of benzene rings is 1. The lowest BCUT2D eigenvalue weighted by Gasteiger charge is -2.17. The molecule has 0 spiro atoms. The number of aliphatic carboxylic acids is 1. The molecule has 0 radical (unpaired) electrons. The molecule has 3 heteroatoms. The van der Waals surface area contributed by atoms with Gasteiger partial charge in [0.1, 0.15) is 5.75 Å². The highest BCUT2D eigenvalue weighted by molar-refractivity contribution is 5.71. The Morgan fingerprint density at radius 3 is 2.40 bits per heavy atom. The van der Waals surface area contributed by atoms with Crippen LogP contribution in [0.2, 0.25) is 0 Å². The summed E-state index contributed by atoms with van der Waals surface area (Å²) in [5.74, 6) is -0.779. The Kier molecular flexibility index (Phi) is 2.62. The fraction of sp³-hybridized carbons (Fsp3) is 0.417. The maximum atomic E-state index is 10.6. The molecule has 1 aliphatic carbocycles. The minimum Gasteiger partial charge on any atom is -0.508 e. The summed E-state index contributed by atoms with van der Waals surface area (Å²) >= 11 is 0. The Morgan fingerprint density at radius 1 is 1.20 bits per heavy atom. The van der Waals surface area contributed by atoms with Crippen molar-refractivity contribution in [3.63, 3.8) is 0 Å². The molecule has 0 unspecified atom stereocenters. The Bertz CT molecular complexity index is 396. The van der Waals surface area contributed by atoms with Crippen LogP contribution in [-0.2, 0) is 24.1 Å². The van der Waals surface area contributed by atoms with E-state index in [0.717, 1.165) is 25.7 Å². The zero-order chi connectivity index (χ0) is 10.8. The average molecular weight is 206 g/mol. The van der Waals surface area contributed by atoms with E-state index in [4.69, 9.17) is 5.11 Å². The molecule has 1 aromatic carbocycles. The van der Waals surface area contributed by atoms with Gasteiger partial charge in [-0.05, 0) is 42.9 Å². The third-order valence-electron chi connectivity index (χ3n) is 2.88. The molecule has 0 atom stereocenters. The summed E-state index contributed by atoms with van der Waals surface area (Å²) in [7, 11) is 0. The minimum atomic E-state index is -0.902. The number of rotatable bonds is 2. The molecule has 2 N–H and O–H groups in total. The van der Waals surface area contributed by atoms with E-state index < -0.39 is 5.97 Å². The van der Waals surface area contributed by atoms with Crippen LogP contribution in [-0.4, -0.2) is 16.2 Å². The summed E-state index contributed by atoms with van der Waals surface area (Å²) in [5.41, 5.74) is 2.91. The highest BCUT2D eigenvalue weighted by atomic mass is 16.4. The van der Waals surface area contributed by atoms with Gasteiger partial charge in [0, 0.05) is 5.56 Å². The molecule has 0 aromatic heterocycles. The van der Waals surface area contributed by atoms with Gasteiger partial charge in [-0.15, -0.1) is 0 Å². The summed E-state index contributed by atoms with van der Waals surface area (Å²) < 4.78 is 0. The largest absolute Gasteiger partial charge is 0.508 e. The SMILES string of the molecule is O=C(O)Cc1cc2c(cc1O)CCCC2. The first kappa shape index (κ1) is 10.0. The number of aromatic hydroxyl groups is 1. The van der Waals surface area contributed by atoms with Crippen molar-refractivity contribution < 1.29 is 15.0 Å². The maximum Gasteiger partial charge on any atom is 0.307 e. The number of fused-ring (bicyclic) bond motifs is 1. The second-order valence-electron chi connectivity index (χ2n) is 4.03. The number of phenolic OH excluding ortho intramolecular Hbond substituents is 1. The van der Waals surface area contributed by atoms with Crippen molar-refractivity contribution in [2.75, 3.05) is 0 Å². The van der Waals surface area contributed by atoms with Gasteiger partial charge in [0.05, 0.1) is 6.42 Å². The fourth-order valence-electron chi connectivity index (χ4n) is 2.13. The van der Waals surface area contributed by atoms with Crippen LogP contribution in [0.25, 0.3) is 0 Å². The van der Waals surface area contributed by atoms with Crippen molar-refractivity contribution in [3.8, 4) is 5.75 Å². The number of hydrogen-bond acceptors (Lipinski definition) is 2. The normalized spacial score (nSPS) is 14.7. The van der Waals surface area contributed by atoms with Crippen LogP contribution in [0.5, 0.6) is 5.75 Å². The van der Waals surface area contributed by atoms with Crippen LogP contribution in [0, 0.1) is 0 Å². The molecular formula is C12H14O3. The van der Waals surface area contributed by atoms with E-state index >= 15 is 0 Å². The van der Waals surface area contributed by atoms with Crippen molar-refractivity contribution in [2.24, 2.45) is 0 Å². The third kappa shape index (κ3) is 2.12. The van der Waals surface area contributed by atoms with E-state index in [1.807, 2.05) is 6.07 Å². The van der Waals surface area contributed by atoms with Crippen molar-refractivity contribution in [2.45, 2.75) is 32.1 Å². The van der Waals surface area contributed by atoms with E-state index in [2.05, 4.69) is 0 Å². The van der Waals surface area contributed by atoms with Crippen molar-refractivity contribution >= 4 is 5.97 Å². The lowest BCUT2D eigenvalue weighted by Crippen LogP contribution is -2.06. The molecule has 0 bridgehead atoms. The van der Waals surface area contributed by atoms with Gasteiger partial charge in [0.2, 0.25) is 0 Å². The number of aryl methyl sites for hydroxylation is 2. The standard InChI is InChI=1S/C12H14O3/c13-11-6-9-4-2-1-3-8(9)5-10(11)7-12(14)15/h5-6,13H,1-4,7H2,(H,14,15). The van der Waals surface area contributed by atoms with Crippen LogP contribution >= 0.6 is 0 Å². The average Bonchev–Trinajstić information content (AvgIpc) is 2.18. The monoisotopic (exact) mass is 206 g/mol. The van der Waals surface area contributed by atoms with E-state index in [-0.39, 0.29) is 12.2 Å². The Hall–Kier alpha value is -1.51. The molecule has 80 valence electrons. The molecule has 0 fully saturated rings. The van der Waals surface area contributed by atoms with Gasteiger partial charge >= 0.3 is 5.97 Å². The van der Waals surface area contributed by atoms with Crippen LogP contribution in [0.15, 0.2) is 12.1 Å². The lowest BCUT2D eigenvalue weighted by atomic mass is 9.89. The Labute approximate surface area is 88.4 Å². The van der Waals surface area contributed by atoms with E-state index in [1.54, 1.807) is 6.07 Å². The Balaban J connectivity index is 2.36. The van der Waals surface area contributed by atoms with Crippen LogP contribution in [0.1, 0.15) is 29.5 Å². The van der Waals surface area contributed by atoms with Crippen molar-refractivity contribution in [1.82, 2.24) is 0 Å². The molecule has 3 nitrogen and oxygen atoms in total. The zero-order valence-electron chi connectivity index (χ0n) is 8.49. The smallest absolute Gasteiger partial charge is 0.307 e. The number of carboxylic acid groups (broad SMARTS) is 1. The summed E-state index contributed by atoms with van der Waals surface area (Å²) in [6.07, 6.45) is 4.21. The van der Waals surface area contributed by atoms with Gasteiger partial charge < -0.3 is 10.2 Å². The first-order valence-corrected chi connectivity index (χ1v) is 5.22. The predicted octanol–water partition coefficient (Wildman–Crippen LogP) is 1.90. The number of carbonyl (C=O) groups is 1.